The van der Waals surface area contributed by atoms with Crippen LogP contribution in [0.15, 0.2) is 18.2 Å². The number of ether oxygens (including phenoxy) is 2. The molecule has 0 atom stereocenters. The number of benzene rings is 1. The molecule has 3 nitrogen and oxygen atoms in total. The third-order valence-corrected chi connectivity index (χ3v) is 5.91. The summed E-state index contributed by atoms with van der Waals surface area (Å²) < 4.78 is 10.8. The normalized spacial score (nSPS) is 36.6. The minimum absolute atomic E-state index is 0.648. The first-order valence-corrected chi connectivity index (χ1v) is 8.24. The molecule has 0 unspecified atom stereocenters. The van der Waals surface area contributed by atoms with E-state index in [0.29, 0.717) is 6.04 Å². The highest BCUT2D eigenvalue weighted by molar-refractivity contribution is 5.54. The summed E-state index contributed by atoms with van der Waals surface area (Å²) in [6.45, 7) is 0. The van der Waals surface area contributed by atoms with Crippen LogP contribution in [0.25, 0.3) is 0 Å². The molecule has 0 aliphatic heterocycles. The van der Waals surface area contributed by atoms with Crippen LogP contribution in [0.3, 0.4) is 0 Å². The van der Waals surface area contributed by atoms with Crippen molar-refractivity contribution < 1.29 is 9.47 Å². The molecule has 1 aromatic carbocycles. The zero-order valence-electron chi connectivity index (χ0n) is 13.0. The van der Waals surface area contributed by atoms with Crippen LogP contribution in [0.1, 0.15) is 32.1 Å². The van der Waals surface area contributed by atoms with Crippen LogP contribution in [-0.2, 0) is 0 Å². The average molecular weight is 287 g/mol. The largest absolute Gasteiger partial charge is 0.497 e. The standard InChI is InChI=1S/C18H25NO2/c1-20-16-8-15(9-17(10-16)21-2)19-18-13-4-11-3-12(6-13)7-14(18)5-11/h8-14,18-19H,3-7H2,1-2H3. The van der Waals surface area contributed by atoms with Crippen molar-refractivity contribution in [2.24, 2.45) is 23.7 Å². The molecule has 1 N–H and O–H groups in total. The zero-order chi connectivity index (χ0) is 14.4. The maximum absolute atomic E-state index is 5.38. The van der Waals surface area contributed by atoms with E-state index < -0.39 is 0 Å². The molecule has 0 amide bonds. The van der Waals surface area contributed by atoms with Crippen molar-refractivity contribution in [1.82, 2.24) is 0 Å². The van der Waals surface area contributed by atoms with Crippen LogP contribution in [0.2, 0.25) is 0 Å². The van der Waals surface area contributed by atoms with E-state index in [2.05, 4.69) is 17.4 Å². The fourth-order valence-corrected chi connectivity index (χ4v) is 5.24. The van der Waals surface area contributed by atoms with Crippen molar-refractivity contribution >= 4 is 5.69 Å². The Hall–Kier alpha value is -1.38. The lowest BCUT2D eigenvalue weighted by molar-refractivity contribution is 0.00753. The second-order valence-electron chi connectivity index (χ2n) is 7.20. The van der Waals surface area contributed by atoms with E-state index in [1.807, 2.05) is 6.07 Å². The molecule has 21 heavy (non-hydrogen) atoms. The second kappa shape index (κ2) is 5.11. The number of anilines is 1. The molecule has 5 rings (SSSR count). The molecule has 0 heterocycles. The fraction of sp³-hybridized carbons (Fsp3) is 0.667. The van der Waals surface area contributed by atoms with E-state index in [4.69, 9.17) is 9.47 Å². The predicted octanol–water partition coefficient (Wildman–Crippen LogP) is 3.94. The Morgan fingerprint density at radius 1 is 0.810 bits per heavy atom. The molecule has 4 saturated carbocycles. The molecule has 0 spiro atoms. The highest BCUT2D eigenvalue weighted by Crippen LogP contribution is 2.54. The summed E-state index contributed by atoms with van der Waals surface area (Å²) in [5, 5.41) is 3.81. The van der Waals surface area contributed by atoms with E-state index in [1.165, 1.54) is 32.1 Å². The summed E-state index contributed by atoms with van der Waals surface area (Å²) in [6, 6.07) is 6.76. The van der Waals surface area contributed by atoms with Crippen molar-refractivity contribution in [2.45, 2.75) is 38.1 Å². The van der Waals surface area contributed by atoms with Gasteiger partial charge in [0.05, 0.1) is 14.2 Å². The monoisotopic (exact) mass is 287 g/mol. The highest BCUT2D eigenvalue weighted by atomic mass is 16.5. The molecule has 0 saturated heterocycles. The topological polar surface area (TPSA) is 30.5 Å². The molecular weight excluding hydrogens is 262 g/mol. The van der Waals surface area contributed by atoms with Crippen LogP contribution in [0, 0.1) is 23.7 Å². The molecule has 1 aromatic rings. The lowest BCUT2D eigenvalue weighted by Gasteiger charge is -2.54. The smallest absolute Gasteiger partial charge is 0.124 e. The van der Waals surface area contributed by atoms with Gasteiger partial charge in [0.2, 0.25) is 0 Å². The molecular formula is C18H25NO2. The lowest BCUT2D eigenvalue weighted by Crippen LogP contribution is -2.51. The van der Waals surface area contributed by atoms with Gasteiger partial charge in [-0.2, -0.15) is 0 Å². The van der Waals surface area contributed by atoms with E-state index in [0.717, 1.165) is 40.9 Å². The van der Waals surface area contributed by atoms with Gasteiger partial charge in [-0.3, -0.25) is 0 Å². The van der Waals surface area contributed by atoms with Gasteiger partial charge in [0, 0.05) is 29.9 Å². The van der Waals surface area contributed by atoms with E-state index in [9.17, 15) is 0 Å². The molecule has 4 aliphatic carbocycles. The quantitative estimate of drug-likeness (QED) is 0.910. The van der Waals surface area contributed by atoms with Gasteiger partial charge in [-0.1, -0.05) is 0 Å². The summed E-state index contributed by atoms with van der Waals surface area (Å²) in [5.74, 6) is 5.51. The summed E-state index contributed by atoms with van der Waals surface area (Å²) in [7, 11) is 3.42. The molecule has 0 aromatic heterocycles. The maximum Gasteiger partial charge on any atom is 0.124 e. The van der Waals surface area contributed by atoms with Gasteiger partial charge in [0.1, 0.15) is 11.5 Å². The molecule has 4 bridgehead atoms. The number of hydrogen-bond donors (Lipinski definition) is 1. The van der Waals surface area contributed by atoms with Crippen LogP contribution in [-0.4, -0.2) is 20.3 Å². The van der Waals surface area contributed by atoms with Crippen molar-refractivity contribution in [1.29, 1.82) is 0 Å². The molecule has 4 aliphatic rings. The van der Waals surface area contributed by atoms with Crippen LogP contribution in [0.5, 0.6) is 11.5 Å². The Kier molecular flexibility index (Phi) is 3.24. The highest BCUT2D eigenvalue weighted by Gasteiger charge is 2.48. The number of methoxy groups -OCH3 is 2. The Labute approximate surface area is 127 Å². The summed E-state index contributed by atoms with van der Waals surface area (Å²) in [4.78, 5) is 0. The van der Waals surface area contributed by atoms with E-state index >= 15 is 0 Å². The summed E-state index contributed by atoms with van der Waals surface area (Å²) in [6.07, 6.45) is 7.25. The number of rotatable bonds is 4. The summed E-state index contributed by atoms with van der Waals surface area (Å²) in [5.41, 5.74) is 1.14. The first-order chi connectivity index (χ1) is 10.2. The molecule has 3 heteroatoms. The van der Waals surface area contributed by atoms with E-state index in [-0.39, 0.29) is 0 Å². The Morgan fingerprint density at radius 2 is 1.33 bits per heavy atom. The first-order valence-electron chi connectivity index (χ1n) is 8.24. The third-order valence-electron chi connectivity index (χ3n) is 5.91. The van der Waals surface area contributed by atoms with Crippen molar-refractivity contribution in [3.05, 3.63) is 18.2 Å². The van der Waals surface area contributed by atoms with Gasteiger partial charge >= 0.3 is 0 Å². The lowest BCUT2D eigenvalue weighted by atomic mass is 9.54. The van der Waals surface area contributed by atoms with Crippen LogP contribution < -0.4 is 14.8 Å². The zero-order valence-corrected chi connectivity index (χ0v) is 13.0. The van der Waals surface area contributed by atoms with Gasteiger partial charge in [-0.15, -0.1) is 0 Å². The number of nitrogens with one attached hydrogen (secondary N) is 1. The predicted molar refractivity (Wildman–Crippen MR) is 84.0 cm³/mol. The Bertz CT molecular complexity index is 478. The first kappa shape index (κ1) is 13.3. The van der Waals surface area contributed by atoms with Gasteiger partial charge in [0.15, 0.2) is 0 Å². The van der Waals surface area contributed by atoms with Crippen molar-refractivity contribution in [3.8, 4) is 11.5 Å². The minimum Gasteiger partial charge on any atom is -0.497 e. The van der Waals surface area contributed by atoms with Crippen molar-refractivity contribution in [2.75, 3.05) is 19.5 Å². The third kappa shape index (κ3) is 2.37. The van der Waals surface area contributed by atoms with Crippen LogP contribution in [0.4, 0.5) is 5.69 Å². The minimum atomic E-state index is 0.648. The van der Waals surface area contributed by atoms with Crippen LogP contribution >= 0.6 is 0 Å². The summed E-state index contributed by atoms with van der Waals surface area (Å²) >= 11 is 0. The average Bonchev–Trinajstić information content (AvgIpc) is 2.49. The maximum atomic E-state index is 5.38. The SMILES string of the molecule is COc1cc(NC2C3CC4CC(C3)CC2C4)cc(OC)c1. The molecule has 4 fully saturated rings. The van der Waals surface area contributed by atoms with Gasteiger partial charge in [0.25, 0.3) is 0 Å². The van der Waals surface area contributed by atoms with Crippen molar-refractivity contribution in [3.63, 3.8) is 0 Å². The van der Waals surface area contributed by atoms with E-state index in [1.54, 1.807) is 14.2 Å². The fourth-order valence-electron chi connectivity index (χ4n) is 5.24. The van der Waals surface area contributed by atoms with Gasteiger partial charge in [-0.25, -0.2) is 0 Å². The number of hydrogen-bond acceptors (Lipinski definition) is 3. The van der Waals surface area contributed by atoms with Gasteiger partial charge < -0.3 is 14.8 Å². The molecule has 114 valence electrons. The Balaban J connectivity index is 1.56. The second-order valence-corrected chi connectivity index (χ2v) is 7.20. The van der Waals surface area contributed by atoms with Gasteiger partial charge in [-0.05, 0) is 55.8 Å². The molecule has 0 radical (unpaired) electrons. The Morgan fingerprint density at radius 3 is 1.81 bits per heavy atom.